The number of likely N-dealkylation sites (tertiary alicyclic amines) is 1. The van der Waals surface area contributed by atoms with E-state index in [1.807, 2.05) is 0 Å². The molecule has 2 saturated heterocycles. The number of thioether (sulfide) groups is 1. The number of aliphatic hydroxyl groups is 1. The molecule has 2 fully saturated rings. The van der Waals surface area contributed by atoms with Gasteiger partial charge in [0.25, 0.3) is 0 Å². The highest BCUT2D eigenvalue weighted by molar-refractivity contribution is 7.99. The van der Waals surface area contributed by atoms with E-state index >= 15 is 0 Å². The minimum Gasteiger partial charge on any atom is -0.396 e. The summed E-state index contributed by atoms with van der Waals surface area (Å²) in [6, 6.07) is 0. The Morgan fingerprint density at radius 1 is 1.06 bits per heavy atom. The molecule has 2 aliphatic rings. The van der Waals surface area contributed by atoms with Crippen LogP contribution in [0.5, 0.6) is 0 Å². The van der Waals surface area contributed by atoms with Gasteiger partial charge in [-0.1, -0.05) is 12.8 Å². The second kappa shape index (κ2) is 7.65. The molecule has 0 saturated carbocycles. The van der Waals surface area contributed by atoms with Crippen LogP contribution in [-0.4, -0.2) is 47.8 Å². The van der Waals surface area contributed by atoms with Crippen LogP contribution in [0.3, 0.4) is 0 Å². The largest absolute Gasteiger partial charge is 0.396 e. The molecule has 0 amide bonds. The zero-order chi connectivity index (χ0) is 11.9. The predicted octanol–water partition coefficient (Wildman–Crippen LogP) is 2.61. The van der Waals surface area contributed by atoms with Crippen molar-refractivity contribution in [3.05, 3.63) is 0 Å². The van der Waals surface area contributed by atoms with Gasteiger partial charge in [-0.3, -0.25) is 0 Å². The van der Waals surface area contributed by atoms with Crippen LogP contribution in [0.2, 0.25) is 0 Å². The van der Waals surface area contributed by atoms with E-state index in [0.29, 0.717) is 12.5 Å². The van der Waals surface area contributed by atoms with Crippen LogP contribution in [0.4, 0.5) is 0 Å². The molecule has 0 aliphatic carbocycles. The zero-order valence-electron chi connectivity index (χ0n) is 10.9. The van der Waals surface area contributed by atoms with Crippen molar-refractivity contribution in [2.24, 2.45) is 11.8 Å². The molecule has 2 aliphatic heterocycles. The molecule has 2 nitrogen and oxygen atoms in total. The first kappa shape index (κ1) is 13.7. The number of hydrogen-bond donors (Lipinski definition) is 1. The standard InChI is InChI=1S/C14H27NOS/c16-12-14(13-5-9-17-10-6-13)11-15-7-3-1-2-4-8-15/h13-14,16H,1-12H2. The lowest BCUT2D eigenvalue weighted by Crippen LogP contribution is -2.36. The topological polar surface area (TPSA) is 23.5 Å². The molecule has 2 rings (SSSR count). The van der Waals surface area contributed by atoms with Crippen molar-refractivity contribution in [3.63, 3.8) is 0 Å². The minimum atomic E-state index is 0.395. The molecule has 0 aromatic rings. The molecule has 0 aromatic carbocycles. The van der Waals surface area contributed by atoms with Gasteiger partial charge in [-0.2, -0.15) is 11.8 Å². The van der Waals surface area contributed by atoms with Gasteiger partial charge in [0, 0.05) is 13.2 Å². The Kier molecular flexibility index (Phi) is 6.16. The third-order valence-electron chi connectivity index (χ3n) is 4.36. The molecule has 0 radical (unpaired) electrons. The van der Waals surface area contributed by atoms with Crippen LogP contribution in [-0.2, 0) is 0 Å². The van der Waals surface area contributed by atoms with Crippen LogP contribution in [0.25, 0.3) is 0 Å². The van der Waals surface area contributed by atoms with Crippen LogP contribution in [0, 0.1) is 11.8 Å². The second-order valence-corrected chi connectivity index (χ2v) is 6.83. The maximum absolute atomic E-state index is 9.65. The van der Waals surface area contributed by atoms with E-state index < -0.39 is 0 Å². The van der Waals surface area contributed by atoms with Crippen LogP contribution in [0.15, 0.2) is 0 Å². The SMILES string of the molecule is OCC(CN1CCCCCC1)C1CCSCC1. The van der Waals surface area contributed by atoms with Gasteiger partial charge < -0.3 is 10.0 Å². The Morgan fingerprint density at radius 2 is 1.71 bits per heavy atom. The monoisotopic (exact) mass is 257 g/mol. The van der Waals surface area contributed by atoms with Crippen molar-refractivity contribution in [2.45, 2.75) is 38.5 Å². The van der Waals surface area contributed by atoms with Gasteiger partial charge in [-0.05, 0) is 62.1 Å². The van der Waals surface area contributed by atoms with E-state index in [2.05, 4.69) is 16.7 Å². The number of rotatable bonds is 4. The number of aliphatic hydroxyl groups excluding tert-OH is 1. The van der Waals surface area contributed by atoms with E-state index in [0.717, 1.165) is 12.5 Å². The van der Waals surface area contributed by atoms with E-state index in [4.69, 9.17) is 0 Å². The van der Waals surface area contributed by atoms with E-state index in [1.165, 1.54) is 63.1 Å². The zero-order valence-corrected chi connectivity index (χ0v) is 11.8. The minimum absolute atomic E-state index is 0.395. The molecule has 17 heavy (non-hydrogen) atoms. The Hall–Kier alpha value is 0.270. The van der Waals surface area contributed by atoms with Gasteiger partial charge in [-0.15, -0.1) is 0 Å². The van der Waals surface area contributed by atoms with Gasteiger partial charge >= 0.3 is 0 Å². The van der Waals surface area contributed by atoms with Crippen molar-refractivity contribution >= 4 is 11.8 Å². The first-order valence-electron chi connectivity index (χ1n) is 7.31. The Balaban J connectivity index is 1.80. The molecule has 0 aromatic heterocycles. The second-order valence-electron chi connectivity index (χ2n) is 5.61. The molecule has 3 heteroatoms. The highest BCUT2D eigenvalue weighted by Crippen LogP contribution is 2.29. The van der Waals surface area contributed by atoms with Crippen molar-refractivity contribution < 1.29 is 5.11 Å². The van der Waals surface area contributed by atoms with Crippen LogP contribution >= 0.6 is 11.8 Å². The fourth-order valence-electron chi connectivity index (χ4n) is 3.19. The lowest BCUT2D eigenvalue weighted by Gasteiger charge is -2.32. The molecule has 100 valence electrons. The number of hydrogen-bond acceptors (Lipinski definition) is 3. The van der Waals surface area contributed by atoms with E-state index in [9.17, 15) is 5.11 Å². The highest BCUT2D eigenvalue weighted by atomic mass is 32.2. The van der Waals surface area contributed by atoms with Gasteiger partial charge in [0.05, 0.1) is 0 Å². The third-order valence-corrected chi connectivity index (χ3v) is 5.41. The summed E-state index contributed by atoms with van der Waals surface area (Å²) in [5.41, 5.74) is 0. The first-order valence-corrected chi connectivity index (χ1v) is 8.46. The molecule has 1 unspecified atom stereocenters. The molecular formula is C14H27NOS. The summed E-state index contributed by atoms with van der Waals surface area (Å²) < 4.78 is 0. The maximum Gasteiger partial charge on any atom is 0.0474 e. The molecule has 0 spiro atoms. The van der Waals surface area contributed by atoms with Crippen molar-refractivity contribution in [2.75, 3.05) is 37.7 Å². The predicted molar refractivity (Wildman–Crippen MR) is 75.5 cm³/mol. The summed E-state index contributed by atoms with van der Waals surface area (Å²) in [5, 5.41) is 9.65. The van der Waals surface area contributed by atoms with Crippen molar-refractivity contribution in [3.8, 4) is 0 Å². The van der Waals surface area contributed by atoms with Crippen LogP contribution < -0.4 is 0 Å². The fraction of sp³-hybridized carbons (Fsp3) is 1.00. The maximum atomic E-state index is 9.65. The van der Waals surface area contributed by atoms with E-state index in [-0.39, 0.29) is 0 Å². The quantitative estimate of drug-likeness (QED) is 0.837. The summed E-state index contributed by atoms with van der Waals surface area (Å²) in [4.78, 5) is 2.61. The van der Waals surface area contributed by atoms with Gasteiger partial charge in [0.2, 0.25) is 0 Å². The third kappa shape index (κ3) is 4.46. The normalized spacial score (nSPS) is 26.6. The van der Waals surface area contributed by atoms with Gasteiger partial charge in [0.1, 0.15) is 0 Å². The van der Waals surface area contributed by atoms with Gasteiger partial charge in [0.15, 0.2) is 0 Å². The molecule has 1 N–H and O–H groups in total. The van der Waals surface area contributed by atoms with Gasteiger partial charge in [-0.25, -0.2) is 0 Å². The number of nitrogens with zero attached hydrogens (tertiary/aromatic N) is 1. The van der Waals surface area contributed by atoms with Crippen molar-refractivity contribution in [1.82, 2.24) is 4.90 Å². The fourth-order valence-corrected chi connectivity index (χ4v) is 4.34. The lowest BCUT2D eigenvalue weighted by molar-refractivity contribution is 0.118. The molecule has 1 atom stereocenters. The Morgan fingerprint density at radius 3 is 2.29 bits per heavy atom. The molecule has 2 heterocycles. The summed E-state index contributed by atoms with van der Waals surface area (Å²) in [6.07, 6.45) is 8.17. The Bertz CT molecular complexity index is 198. The summed E-state index contributed by atoms with van der Waals surface area (Å²) in [7, 11) is 0. The van der Waals surface area contributed by atoms with Crippen molar-refractivity contribution in [1.29, 1.82) is 0 Å². The average molecular weight is 257 g/mol. The summed E-state index contributed by atoms with van der Waals surface area (Å²) >= 11 is 2.08. The van der Waals surface area contributed by atoms with Crippen LogP contribution in [0.1, 0.15) is 38.5 Å². The first-order chi connectivity index (χ1) is 8.40. The highest BCUT2D eigenvalue weighted by Gasteiger charge is 2.25. The lowest BCUT2D eigenvalue weighted by atomic mass is 9.87. The molecular weight excluding hydrogens is 230 g/mol. The van der Waals surface area contributed by atoms with E-state index in [1.54, 1.807) is 0 Å². The average Bonchev–Trinajstić information content (AvgIpc) is 2.65. The Labute approximate surface area is 110 Å². The summed E-state index contributed by atoms with van der Waals surface area (Å²) in [6.45, 7) is 4.06. The molecule has 0 bridgehead atoms. The smallest absolute Gasteiger partial charge is 0.0474 e. The summed E-state index contributed by atoms with van der Waals surface area (Å²) in [5.74, 6) is 3.93.